The van der Waals surface area contributed by atoms with Gasteiger partial charge in [-0.25, -0.2) is 13.2 Å². The maximum Gasteiger partial charge on any atom is 0.335 e. The molecule has 0 aliphatic heterocycles. The largest absolute Gasteiger partial charge is 0.491 e. The number of ether oxygens (including phenoxy) is 1. The number of hydrogen-bond acceptors (Lipinski definition) is 7. The first-order valence-corrected chi connectivity index (χ1v) is 11.5. The Labute approximate surface area is 195 Å². The van der Waals surface area contributed by atoms with Crippen LogP contribution in [0.1, 0.15) is 15.9 Å². The van der Waals surface area contributed by atoms with Gasteiger partial charge in [-0.15, -0.1) is 0 Å². The second-order valence-corrected chi connectivity index (χ2v) is 9.28. The summed E-state index contributed by atoms with van der Waals surface area (Å²) < 4.78 is 33.2. The summed E-state index contributed by atoms with van der Waals surface area (Å²) in [6.07, 6.45) is -1.27. The van der Waals surface area contributed by atoms with Gasteiger partial charge in [-0.3, -0.25) is 14.4 Å². The molecule has 34 heavy (non-hydrogen) atoms. The maximum absolute atomic E-state index is 13.4. The number of aliphatic hydroxyl groups is 1. The molecule has 0 bridgehead atoms. The quantitative estimate of drug-likeness (QED) is 0.328. The fraction of sp³-hybridized carbons (Fsp3) is 0.174. The van der Waals surface area contributed by atoms with E-state index in [2.05, 4.69) is 0 Å². The number of aryl methyl sites for hydroxylation is 1. The van der Waals surface area contributed by atoms with Crippen LogP contribution in [0.3, 0.4) is 0 Å². The minimum atomic E-state index is -4.10. The minimum absolute atomic E-state index is 0.00361. The minimum Gasteiger partial charge on any atom is -0.491 e. The predicted molar refractivity (Wildman–Crippen MR) is 124 cm³/mol. The molecule has 0 saturated carbocycles. The number of rotatable bonds is 10. The van der Waals surface area contributed by atoms with Crippen LogP contribution in [0, 0.1) is 17.0 Å². The zero-order valence-electron chi connectivity index (χ0n) is 18.1. The van der Waals surface area contributed by atoms with Gasteiger partial charge in [0.1, 0.15) is 18.5 Å². The van der Waals surface area contributed by atoms with Crippen LogP contribution in [0.2, 0.25) is 0 Å². The second kappa shape index (κ2) is 10.3. The molecule has 10 nitrogen and oxygen atoms in total. The van der Waals surface area contributed by atoms with Crippen LogP contribution in [-0.2, 0) is 10.0 Å². The average Bonchev–Trinajstić information content (AvgIpc) is 2.81. The molecule has 1 atom stereocenters. The number of nitro benzene ring substituents is 1. The normalized spacial score (nSPS) is 12.1. The number of carboxylic acid groups (broad SMARTS) is 1. The number of carboxylic acids is 1. The molecule has 3 aromatic carbocycles. The smallest absolute Gasteiger partial charge is 0.335 e. The van der Waals surface area contributed by atoms with Crippen molar-refractivity contribution in [1.29, 1.82) is 0 Å². The SMILES string of the molecule is Cc1ccc(S(=O)(=O)N(C[C@H](O)COc2ccc([N+](=O)[O-])cc2)c2ccc(C(=O)O)cc2)cc1. The molecule has 0 aliphatic rings. The first kappa shape index (κ1) is 24.7. The van der Waals surface area contributed by atoms with Gasteiger partial charge in [-0.05, 0) is 55.5 Å². The van der Waals surface area contributed by atoms with Crippen molar-refractivity contribution in [2.75, 3.05) is 17.5 Å². The van der Waals surface area contributed by atoms with Gasteiger partial charge in [-0.2, -0.15) is 0 Å². The first-order chi connectivity index (χ1) is 16.1. The van der Waals surface area contributed by atoms with Gasteiger partial charge in [0, 0.05) is 12.1 Å². The zero-order chi connectivity index (χ0) is 24.9. The van der Waals surface area contributed by atoms with E-state index in [1.807, 2.05) is 6.92 Å². The highest BCUT2D eigenvalue weighted by Gasteiger charge is 2.27. The summed E-state index contributed by atoms with van der Waals surface area (Å²) in [5.41, 5.74) is 0.902. The summed E-state index contributed by atoms with van der Waals surface area (Å²) in [4.78, 5) is 21.4. The third-order valence-corrected chi connectivity index (χ3v) is 6.69. The van der Waals surface area contributed by atoms with E-state index in [9.17, 15) is 28.4 Å². The molecule has 0 amide bonds. The number of benzene rings is 3. The van der Waals surface area contributed by atoms with Crippen molar-refractivity contribution in [1.82, 2.24) is 0 Å². The van der Waals surface area contributed by atoms with E-state index in [0.29, 0.717) is 0 Å². The number of nitro groups is 1. The third-order valence-electron chi connectivity index (χ3n) is 4.88. The van der Waals surface area contributed by atoms with Gasteiger partial charge in [-0.1, -0.05) is 17.7 Å². The lowest BCUT2D eigenvalue weighted by molar-refractivity contribution is -0.384. The fourth-order valence-electron chi connectivity index (χ4n) is 3.05. The highest BCUT2D eigenvalue weighted by Crippen LogP contribution is 2.25. The Morgan fingerprint density at radius 2 is 1.62 bits per heavy atom. The molecule has 2 N–H and O–H groups in total. The molecule has 0 heterocycles. The number of sulfonamides is 1. The van der Waals surface area contributed by atoms with Gasteiger partial charge < -0.3 is 14.9 Å². The molecule has 0 saturated heterocycles. The summed E-state index contributed by atoms with van der Waals surface area (Å²) >= 11 is 0. The molecular formula is C23H22N2O8S. The van der Waals surface area contributed by atoms with Gasteiger partial charge in [0.25, 0.3) is 15.7 Å². The molecule has 0 aromatic heterocycles. The Morgan fingerprint density at radius 1 is 1.03 bits per heavy atom. The highest BCUT2D eigenvalue weighted by molar-refractivity contribution is 7.92. The van der Waals surface area contributed by atoms with E-state index in [4.69, 9.17) is 9.84 Å². The van der Waals surface area contributed by atoms with E-state index in [1.165, 1.54) is 60.7 Å². The van der Waals surface area contributed by atoms with Crippen molar-refractivity contribution < 1.29 is 33.1 Å². The highest BCUT2D eigenvalue weighted by atomic mass is 32.2. The van der Waals surface area contributed by atoms with Crippen LogP contribution in [0.25, 0.3) is 0 Å². The molecule has 0 unspecified atom stereocenters. The van der Waals surface area contributed by atoms with Crippen LogP contribution in [0.4, 0.5) is 11.4 Å². The van der Waals surface area contributed by atoms with Gasteiger partial charge in [0.15, 0.2) is 0 Å². The lowest BCUT2D eigenvalue weighted by atomic mass is 10.2. The van der Waals surface area contributed by atoms with Crippen LogP contribution < -0.4 is 9.04 Å². The zero-order valence-corrected chi connectivity index (χ0v) is 18.9. The summed E-state index contributed by atoms with van der Waals surface area (Å²) in [5, 5.41) is 30.4. The lowest BCUT2D eigenvalue weighted by Gasteiger charge is -2.27. The van der Waals surface area contributed by atoms with Crippen molar-refractivity contribution in [2.45, 2.75) is 17.9 Å². The number of aromatic carboxylic acids is 1. The van der Waals surface area contributed by atoms with Crippen molar-refractivity contribution in [3.8, 4) is 5.75 Å². The van der Waals surface area contributed by atoms with Crippen LogP contribution >= 0.6 is 0 Å². The molecule has 3 rings (SSSR count). The Hall–Kier alpha value is -3.96. The van der Waals surface area contributed by atoms with E-state index in [0.717, 1.165) is 9.87 Å². The Kier molecular flexibility index (Phi) is 7.49. The molecule has 0 fully saturated rings. The van der Waals surface area contributed by atoms with Gasteiger partial charge >= 0.3 is 5.97 Å². The second-order valence-electron chi connectivity index (χ2n) is 7.42. The number of hydrogen-bond donors (Lipinski definition) is 2. The van der Waals surface area contributed by atoms with Crippen LogP contribution in [-0.4, -0.2) is 48.8 Å². The average molecular weight is 487 g/mol. The van der Waals surface area contributed by atoms with Gasteiger partial charge in [0.05, 0.1) is 27.6 Å². The molecule has 11 heteroatoms. The number of non-ortho nitro benzene ring substituents is 1. The van der Waals surface area contributed by atoms with Crippen molar-refractivity contribution >= 4 is 27.4 Å². The third kappa shape index (κ3) is 5.88. The topological polar surface area (TPSA) is 147 Å². The molecule has 0 aliphatic carbocycles. The summed E-state index contributed by atoms with van der Waals surface area (Å²) in [6, 6.07) is 16.7. The monoisotopic (exact) mass is 486 g/mol. The Bertz CT molecular complexity index is 1260. The first-order valence-electron chi connectivity index (χ1n) is 10.1. The number of nitrogens with zero attached hydrogens (tertiary/aromatic N) is 2. The van der Waals surface area contributed by atoms with Crippen molar-refractivity contribution in [2.24, 2.45) is 0 Å². The van der Waals surface area contributed by atoms with E-state index >= 15 is 0 Å². The van der Waals surface area contributed by atoms with Crippen LogP contribution in [0.5, 0.6) is 5.75 Å². The number of carbonyl (C=O) groups is 1. The Balaban J connectivity index is 1.83. The van der Waals surface area contributed by atoms with Crippen molar-refractivity contribution in [3.63, 3.8) is 0 Å². The molecule has 0 spiro atoms. The molecule has 3 aromatic rings. The molecule has 0 radical (unpaired) electrons. The summed E-state index contributed by atoms with van der Waals surface area (Å²) in [5.74, 6) is -0.889. The molecular weight excluding hydrogens is 464 g/mol. The summed E-state index contributed by atoms with van der Waals surface area (Å²) in [6.45, 7) is 1.15. The van der Waals surface area contributed by atoms with E-state index in [1.54, 1.807) is 12.1 Å². The Morgan fingerprint density at radius 3 is 2.15 bits per heavy atom. The van der Waals surface area contributed by atoms with Crippen LogP contribution in [0.15, 0.2) is 77.7 Å². The lowest BCUT2D eigenvalue weighted by Crippen LogP contribution is -2.40. The summed E-state index contributed by atoms with van der Waals surface area (Å²) in [7, 11) is -4.10. The maximum atomic E-state index is 13.4. The number of anilines is 1. The van der Waals surface area contributed by atoms with Crippen molar-refractivity contribution in [3.05, 3.63) is 94.0 Å². The standard InChI is InChI=1S/C23H22N2O8S/c1-16-2-12-22(13-3-16)34(31,32)24(18-6-4-17(5-7-18)23(27)28)14-20(26)15-33-21-10-8-19(9-11-21)25(29)30/h2-13,20,26H,14-15H2,1H3,(H,27,28)/t20-/m0/s1. The predicted octanol–water partition coefficient (Wildman–Crippen LogP) is 3.24. The molecule has 178 valence electrons. The van der Waals surface area contributed by atoms with E-state index in [-0.39, 0.29) is 40.7 Å². The van der Waals surface area contributed by atoms with Gasteiger partial charge in [0.2, 0.25) is 0 Å². The number of aliphatic hydroxyl groups excluding tert-OH is 1. The fourth-order valence-corrected chi connectivity index (χ4v) is 4.55. The van der Waals surface area contributed by atoms with E-state index < -0.39 is 27.0 Å².